The first-order valence-electron chi connectivity index (χ1n) is 25.5. The van der Waals surface area contributed by atoms with Crippen molar-refractivity contribution >= 4 is 10.1 Å². The van der Waals surface area contributed by atoms with Crippen molar-refractivity contribution in [3.63, 3.8) is 0 Å². The number of hydrogen-bond acceptors (Lipinski definition) is 3. The molecular weight excluding hydrogens is 984 g/mol. The monoisotopic (exact) mass is 1030 g/mol. The van der Waals surface area contributed by atoms with E-state index in [1.807, 2.05) is 36.4 Å². The van der Waals surface area contributed by atoms with E-state index in [-0.39, 0.29) is 56.3 Å². The molecule has 0 aromatic heterocycles. The van der Waals surface area contributed by atoms with E-state index in [4.69, 9.17) is 0 Å². The van der Waals surface area contributed by atoms with Gasteiger partial charge in [-0.1, -0.05) is 291 Å². The zero-order valence-corrected chi connectivity index (χ0v) is 46.4. The van der Waals surface area contributed by atoms with Gasteiger partial charge < -0.3 is 4.55 Å². The van der Waals surface area contributed by atoms with E-state index < -0.39 is 10.1 Å². The van der Waals surface area contributed by atoms with Crippen LogP contribution in [0.2, 0.25) is 0 Å². The van der Waals surface area contributed by atoms with Crippen LogP contribution < -0.4 is 51.4 Å². The third-order valence-corrected chi connectivity index (χ3v) is 15.3. The fourth-order valence-electron chi connectivity index (χ4n) is 11.1. The minimum Gasteiger partial charge on any atom is -0.744 e. The van der Waals surface area contributed by atoms with Crippen molar-refractivity contribution in [1.82, 2.24) is 0 Å². The summed E-state index contributed by atoms with van der Waals surface area (Å²) in [6.45, 7) is 0. The standard InChI is InChI=1S/C72H50O3S.K/c73-76(74,75)72-49-25-24-48-71(72)70-47-23-22-46-69(70)68-45-21-20-44-67(68)66-43-19-18-42-65(66)64-41-17-16-40-63(64)62-39-15-14-38-61(62)60-37-13-12-36-59(60)58-35-11-10-34-57(58)56-33-9-8-32-55(56)54-31-7-6-30-53(54)52-29-5-4-28-51(52)50-26-2-1-3-27-50;/h1-49H,(H,73,74,75);/q;+1/p-1. The first-order valence-corrected chi connectivity index (χ1v) is 26.9. The van der Waals surface area contributed by atoms with Gasteiger partial charge >= 0.3 is 51.4 Å². The van der Waals surface area contributed by atoms with Crippen molar-refractivity contribution in [2.45, 2.75) is 4.90 Å². The third kappa shape index (κ3) is 10.2. The Labute approximate surface area is 494 Å². The Balaban J connectivity index is 0.00000631. The van der Waals surface area contributed by atoms with Crippen molar-refractivity contribution in [1.29, 1.82) is 0 Å². The molecule has 12 aromatic rings. The van der Waals surface area contributed by atoms with Crippen LogP contribution in [0.25, 0.3) is 122 Å². The topological polar surface area (TPSA) is 57.2 Å². The molecule has 0 aliphatic heterocycles. The van der Waals surface area contributed by atoms with Crippen LogP contribution in [0.4, 0.5) is 0 Å². The normalized spacial score (nSPS) is 11.2. The van der Waals surface area contributed by atoms with Crippen molar-refractivity contribution in [3.05, 3.63) is 297 Å². The maximum absolute atomic E-state index is 12.6. The van der Waals surface area contributed by atoms with Gasteiger partial charge in [0.1, 0.15) is 10.1 Å². The summed E-state index contributed by atoms with van der Waals surface area (Å²) in [5.74, 6) is 0. The molecule has 0 saturated heterocycles. The third-order valence-electron chi connectivity index (χ3n) is 14.4. The number of rotatable bonds is 12. The van der Waals surface area contributed by atoms with Gasteiger partial charge in [0.15, 0.2) is 0 Å². The van der Waals surface area contributed by atoms with Crippen LogP contribution in [0, 0.1) is 0 Å². The summed E-state index contributed by atoms with van der Waals surface area (Å²) >= 11 is 0. The van der Waals surface area contributed by atoms with E-state index >= 15 is 0 Å². The molecule has 0 fully saturated rings. The summed E-state index contributed by atoms with van der Waals surface area (Å²) in [4.78, 5) is -0.245. The fourth-order valence-corrected chi connectivity index (χ4v) is 11.8. The molecule has 77 heavy (non-hydrogen) atoms. The largest absolute Gasteiger partial charge is 1.00 e. The molecule has 0 spiro atoms. The van der Waals surface area contributed by atoms with Gasteiger partial charge in [-0.2, -0.15) is 0 Å². The second-order valence-corrected chi connectivity index (χ2v) is 20.1. The SMILES string of the molecule is O=S(=O)([O-])c1ccccc1-c1ccccc1-c1ccccc1-c1ccccc1-c1ccccc1-c1ccccc1-c1ccccc1-c1ccccc1-c1ccccc1-c1ccccc1-c1ccccc1-c1ccccc1.[K+]. The van der Waals surface area contributed by atoms with Gasteiger partial charge in [-0.3, -0.25) is 0 Å². The quantitative estimate of drug-likeness (QED) is 0.0905. The van der Waals surface area contributed by atoms with E-state index in [0.29, 0.717) is 11.1 Å². The number of hydrogen-bond donors (Lipinski definition) is 0. The van der Waals surface area contributed by atoms with E-state index in [0.717, 1.165) is 83.5 Å². The van der Waals surface area contributed by atoms with Crippen LogP contribution in [-0.4, -0.2) is 13.0 Å². The van der Waals surface area contributed by atoms with Crippen LogP contribution in [0.1, 0.15) is 0 Å². The average Bonchev–Trinajstić information content (AvgIpc) is 3.50. The van der Waals surface area contributed by atoms with Crippen LogP contribution in [0.5, 0.6) is 0 Å². The fraction of sp³-hybridized carbons (Fsp3) is 0. The average molecular weight is 1030 g/mol. The van der Waals surface area contributed by atoms with Crippen LogP contribution in [0.3, 0.4) is 0 Å². The molecule has 0 bridgehead atoms. The van der Waals surface area contributed by atoms with E-state index in [1.54, 1.807) is 18.2 Å². The molecule has 0 radical (unpaired) electrons. The smallest absolute Gasteiger partial charge is 0.744 e. The predicted octanol–water partition coefficient (Wildman–Crippen LogP) is 15.9. The molecule has 0 N–H and O–H groups in total. The molecule has 0 aliphatic carbocycles. The Morgan fingerprint density at radius 3 is 0.532 bits per heavy atom. The van der Waals surface area contributed by atoms with Crippen molar-refractivity contribution in [3.8, 4) is 122 Å². The Morgan fingerprint density at radius 2 is 0.325 bits per heavy atom. The first-order chi connectivity index (χ1) is 37.4. The van der Waals surface area contributed by atoms with Gasteiger partial charge in [-0.25, -0.2) is 8.42 Å². The predicted molar refractivity (Wildman–Crippen MR) is 314 cm³/mol. The minimum absolute atomic E-state index is 0. The molecule has 0 aliphatic rings. The Bertz CT molecular complexity index is 4220. The van der Waals surface area contributed by atoms with Gasteiger partial charge in [0.05, 0.1) is 4.90 Å². The Morgan fingerprint density at radius 1 is 0.182 bits per heavy atom. The van der Waals surface area contributed by atoms with Gasteiger partial charge in [0.25, 0.3) is 0 Å². The van der Waals surface area contributed by atoms with E-state index in [2.05, 4.69) is 237 Å². The Kier molecular flexibility index (Phi) is 15.2. The molecule has 0 heterocycles. The minimum atomic E-state index is -4.76. The molecule has 0 atom stereocenters. The zero-order valence-electron chi connectivity index (χ0n) is 42.4. The molecule has 5 heteroatoms. The molecule has 0 unspecified atom stereocenters. The maximum atomic E-state index is 12.6. The van der Waals surface area contributed by atoms with E-state index in [1.165, 1.54) is 33.9 Å². The summed E-state index contributed by atoms with van der Waals surface area (Å²) in [7, 11) is -4.76. The number of benzene rings is 12. The van der Waals surface area contributed by atoms with Gasteiger partial charge in [-0.05, 0) is 128 Å². The van der Waals surface area contributed by atoms with Crippen molar-refractivity contribution in [2.24, 2.45) is 0 Å². The molecule has 12 aromatic carbocycles. The zero-order chi connectivity index (χ0) is 51.4. The Hall–Kier alpha value is -7.81. The van der Waals surface area contributed by atoms with Gasteiger partial charge in [0.2, 0.25) is 0 Å². The van der Waals surface area contributed by atoms with Gasteiger partial charge in [0, 0.05) is 0 Å². The molecule has 3 nitrogen and oxygen atoms in total. The molecule has 12 rings (SSSR count). The maximum Gasteiger partial charge on any atom is 1.00 e. The second kappa shape index (κ2) is 22.8. The van der Waals surface area contributed by atoms with Crippen molar-refractivity contribution < 1.29 is 64.4 Å². The summed E-state index contributed by atoms with van der Waals surface area (Å²) in [6.07, 6.45) is 0. The molecule has 0 saturated carbocycles. The van der Waals surface area contributed by atoms with Crippen LogP contribution in [-0.2, 0) is 10.1 Å². The second-order valence-electron chi connectivity index (χ2n) is 18.8. The van der Waals surface area contributed by atoms with Gasteiger partial charge in [-0.15, -0.1) is 0 Å². The van der Waals surface area contributed by atoms with E-state index in [9.17, 15) is 13.0 Å². The van der Waals surface area contributed by atoms with Crippen molar-refractivity contribution in [2.75, 3.05) is 0 Å². The summed E-state index contributed by atoms with van der Waals surface area (Å²) < 4.78 is 37.8. The molecule has 362 valence electrons. The van der Waals surface area contributed by atoms with Crippen LogP contribution in [0.15, 0.2) is 302 Å². The summed E-state index contributed by atoms with van der Waals surface area (Å²) in [5.41, 5.74) is 22.9. The first kappa shape index (κ1) is 51.3. The summed E-state index contributed by atoms with van der Waals surface area (Å²) in [6, 6.07) is 103. The van der Waals surface area contributed by atoms with Crippen LogP contribution >= 0.6 is 0 Å². The summed E-state index contributed by atoms with van der Waals surface area (Å²) in [5, 5.41) is 0. The molecular formula is C72H49KO3S. The molecule has 0 amide bonds.